The maximum atomic E-state index is 10.4. The molecule has 5 heteroatoms. The molecule has 2 N–H and O–H groups in total. The van der Waals surface area contributed by atoms with E-state index in [0.29, 0.717) is 13.2 Å². The standard InChI is InChI=1S/C22H30N2O3/c1-17-7-6-10-21(18(17)2)27-16-19(25)15-23-11-13-24(14-12-23)20-8-4-5-9-22(20)26-3/h4-10,19,25H,11-16H2,1-3H3/p+1/t19-/m0/s1. The molecule has 0 unspecified atom stereocenters. The van der Waals surface area contributed by atoms with Gasteiger partial charge in [0.15, 0.2) is 0 Å². The highest BCUT2D eigenvalue weighted by atomic mass is 16.5. The fraction of sp³-hybridized carbons (Fsp3) is 0.455. The molecule has 2 aromatic rings. The van der Waals surface area contributed by atoms with Crippen LogP contribution < -0.4 is 19.3 Å². The van der Waals surface area contributed by atoms with Gasteiger partial charge in [0.05, 0.1) is 39.0 Å². The lowest BCUT2D eigenvalue weighted by Gasteiger charge is -2.35. The Hall–Kier alpha value is -2.24. The van der Waals surface area contributed by atoms with Crippen molar-refractivity contribution in [1.82, 2.24) is 0 Å². The van der Waals surface area contributed by atoms with Crippen LogP contribution in [-0.2, 0) is 0 Å². The van der Waals surface area contributed by atoms with Crippen molar-refractivity contribution < 1.29 is 19.5 Å². The van der Waals surface area contributed by atoms with Crippen LogP contribution in [0.4, 0.5) is 5.69 Å². The smallest absolute Gasteiger partial charge is 0.142 e. The molecule has 0 aliphatic carbocycles. The molecule has 3 rings (SSSR count). The third-order valence-electron chi connectivity index (χ3n) is 5.41. The lowest BCUT2D eigenvalue weighted by molar-refractivity contribution is -0.903. The van der Waals surface area contributed by atoms with Crippen LogP contribution in [0.25, 0.3) is 0 Å². The molecular formula is C22H31N2O3+. The van der Waals surface area contributed by atoms with Gasteiger partial charge in [0, 0.05) is 0 Å². The number of benzene rings is 2. The van der Waals surface area contributed by atoms with Crippen LogP contribution in [0.3, 0.4) is 0 Å². The van der Waals surface area contributed by atoms with E-state index in [-0.39, 0.29) is 0 Å². The van der Waals surface area contributed by atoms with Gasteiger partial charge in [-0.15, -0.1) is 0 Å². The fourth-order valence-corrected chi connectivity index (χ4v) is 3.62. The summed E-state index contributed by atoms with van der Waals surface area (Å²) in [7, 11) is 1.71. The quantitative estimate of drug-likeness (QED) is 0.774. The SMILES string of the molecule is COc1ccccc1N1CC[NH+](C[C@H](O)COc2cccc(C)c2C)CC1. The summed E-state index contributed by atoms with van der Waals surface area (Å²) in [6.45, 7) is 9.09. The molecule has 1 saturated heterocycles. The van der Waals surface area contributed by atoms with Crippen molar-refractivity contribution in [1.29, 1.82) is 0 Å². The zero-order chi connectivity index (χ0) is 19.2. The van der Waals surface area contributed by atoms with Gasteiger partial charge in [-0.2, -0.15) is 0 Å². The average molecular weight is 372 g/mol. The minimum absolute atomic E-state index is 0.337. The fourth-order valence-electron chi connectivity index (χ4n) is 3.62. The number of hydrogen-bond acceptors (Lipinski definition) is 4. The lowest BCUT2D eigenvalue weighted by atomic mass is 10.1. The number of hydrogen-bond donors (Lipinski definition) is 2. The number of aryl methyl sites for hydroxylation is 1. The molecule has 146 valence electrons. The Kier molecular flexibility index (Phi) is 6.58. The second kappa shape index (κ2) is 9.11. The van der Waals surface area contributed by atoms with Crippen molar-refractivity contribution in [3.63, 3.8) is 0 Å². The van der Waals surface area contributed by atoms with Gasteiger partial charge in [-0.1, -0.05) is 24.3 Å². The first-order valence-corrected chi connectivity index (χ1v) is 9.67. The normalized spacial score (nSPS) is 16.2. The molecule has 0 amide bonds. The van der Waals surface area contributed by atoms with E-state index in [9.17, 15) is 5.11 Å². The summed E-state index contributed by atoms with van der Waals surface area (Å²) in [5.41, 5.74) is 3.50. The number of ether oxygens (including phenoxy) is 2. The Morgan fingerprint density at radius 1 is 1.04 bits per heavy atom. The Bertz CT molecular complexity index is 742. The molecule has 27 heavy (non-hydrogen) atoms. The first-order chi connectivity index (χ1) is 13.1. The zero-order valence-electron chi connectivity index (χ0n) is 16.6. The molecule has 5 nitrogen and oxygen atoms in total. The van der Waals surface area contributed by atoms with E-state index in [2.05, 4.69) is 30.9 Å². The molecule has 0 spiro atoms. The van der Waals surface area contributed by atoms with Crippen LogP contribution in [0.5, 0.6) is 11.5 Å². The number of methoxy groups -OCH3 is 1. The molecule has 1 aliphatic rings. The van der Waals surface area contributed by atoms with E-state index < -0.39 is 6.10 Å². The summed E-state index contributed by atoms with van der Waals surface area (Å²) in [5.74, 6) is 1.79. The van der Waals surface area contributed by atoms with Crippen molar-refractivity contribution >= 4 is 5.69 Å². The van der Waals surface area contributed by atoms with E-state index in [1.54, 1.807) is 7.11 Å². The molecular weight excluding hydrogens is 340 g/mol. The number of nitrogens with one attached hydrogen (secondary N) is 1. The Balaban J connectivity index is 1.47. The maximum Gasteiger partial charge on any atom is 0.142 e. The summed E-state index contributed by atoms with van der Waals surface area (Å²) < 4.78 is 11.3. The summed E-state index contributed by atoms with van der Waals surface area (Å²) in [4.78, 5) is 3.78. The third-order valence-corrected chi connectivity index (χ3v) is 5.41. The molecule has 1 aliphatic heterocycles. The van der Waals surface area contributed by atoms with E-state index >= 15 is 0 Å². The maximum absolute atomic E-state index is 10.4. The van der Waals surface area contributed by atoms with Gasteiger partial charge in [0.2, 0.25) is 0 Å². The number of nitrogens with zero attached hydrogens (tertiary/aromatic N) is 1. The predicted octanol–water partition coefficient (Wildman–Crippen LogP) is 1.46. The van der Waals surface area contributed by atoms with Crippen LogP contribution in [0.15, 0.2) is 42.5 Å². The van der Waals surface area contributed by atoms with Gasteiger partial charge >= 0.3 is 0 Å². The number of quaternary nitrogens is 1. The van der Waals surface area contributed by atoms with Crippen molar-refractivity contribution in [2.75, 3.05) is 51.3 Å². The lowest BCUT2D eigenvalue weighted by Crippen LogP contribution is -3.16. The van der Waals surface area contributed by atoms with E-state index in [0.717, 1.165) is 48.9 Å². The minimum atomic E-state index is -0.460. The van der Waals surface area contributed by atoms with Gasteiger partial charge in [0.1, 0.15) is 30.8 Å². The molecule has 1 fully saturated rings. The second-order valence-corrected chi connectivity index (χ2v) is 7.28. The predicted molar refractivity (Wildman–Crippen MR) is 108 cm³/mol. The van der Waals surface area contributed by atoms with E-state index in [1.165, 1.54) is 10.5 Å². The number of aliphatic hydroxyl groups is 1. The number of aliphatic hydroxyl groups excluding tert-OH is 1. The third kappa shape index (κ3) is 4.93. The molecule has 0 radical (unpaired) electrons. The number of anilines is 1. The first-order valence-electron chi connectivity index (χ1n) is 9.67. The zero-order valence-corrected chi connectivity index (χ0v) is 16.6. The topological polar surface area (TPSA) is 46.4 Å². The van der Waals surface area contributed by atoms with E-state index in [1.807, 2.05) is 30.3 Å². The molecule has 0 aromatic heterocycles. The van der Waals surface area contributed by atoms with E-state index in [4.69, 9.17) is 9.47 Å². The summed E-state index contributed by atoms with van der Waals surface area (Å²) in [6.07, 6.45) is -0.460. The van der Waals surface area contributed by atoms with Crippen molar-refractivity contribution in [3.05, 3.63) is 53.6 Å². The molecule has 1 heterocycles. The first kappa shape index (κ1) is 19.5. The molecule has 0 bridgehead atoms. The van der Waals surface area contributed by atoms with Gasteiger partial charge in [-0.05, 0) is 43.2 Å². The monoisotopic (exact) mass is 371 g/mol. The van der Waals surface area contributed by atoms with Gasteiger partial charge in [0.25, 0.3) is 0 Å². The molecule has 0 saturated carbocycles. The summed E-state index contributed by atoms with van der Waals surface area (Å²) in [5, 5.41) is 10.4. The van der Waals surface area contributed by atoms with Crippen LogP contribution >= 0.6 is 0 Å². The summed E-state index contributed by atoms with van der Waals surface area (Å²) in [6, 6.07) is 14.2. The van der Waals surface area contributed by atoms with Gasteiger partial charge < -0.3 is 24.4 Å². The number of piperazine rings is 1. The molecule has 1 atom stereocenters. The Labute approximate surface area is 162 Å². The summed E-state index contributed by atoms with van der Waals surface area (Å²) >= 11 is 0. The van der Waals surface area contributed by atoms with Crippen LogP contribution in [0.1, 0.15) is 11.1 Å². The number of rotatable bonds is 7. The van der Waals surface area contributed by atoms with Crippen LogP contribution in [-0.4, -0.2) is 57.7 Å². The van der Waals surface area contributed by atoms with Gasteiger partial charge in [-0.3, -0.25) is 0 Å². The Morgan fingerprint density at radius 3 is 2.48 bits per heavy atom. The van der Waals surface area contributed by atoms with Crippen LogP contribution in [0, 0.1) is 13.8 Å². The average Bonchev–Trinajstić information content (AvgIpc) is 2.69. The number of para-hydroxylation sites is 2. The minimum Gasteiger partial charge on any atom is -0.495 e. The van der Waals surface area contributed by atoms with Crippen LogP contribution in [0.2, 0.25) is 0 Å². The highest BCUT2D eigenvalue weighted by Crippen LogP contribution is 2.27. The highest BCUT2D eigenvalue weighted by Gasteiger charge is 2.24. The Morgan fingerprint density at radius 2 is 1.74 bits per heavy atom. The molecule has 2 aromatic carbocycles. The van der Waals surface area contributed by atoms with Crippen molar-refractivity contribution in [3.8, 4) is 11.5 Å². The second-order valence-electron chi connectivity index (χ2n) is 7.28. The van der Waals surface area contributed by atoms with Crippen molar-refractivity contribution in [2.45, 2.75) is 20.0 Å². The van der Waals surface area contributed by atoms with Gasteiger partial charge in [-0.25, -0.2) is 0 Å². The largest absolute Gasteiger partial charge is 0.495 e. The highest BCUT2D eigenvalue weighted by molar-refractivity contribution is 5.58. The van der Waals surface area contributed by atoms with Crippen molar-refractivity contribution in [2.24, 2.45) is 0 Å².